The van der Waals surface area contributed by atoms with Crippen molar-refractivity contribution in [3.05, 3.63) is 12.2 Å². The number of H-pyrrole nitrogens is 1. The molecule has 5 nitrogen and oxygen atoms in total. The normalized spacial score (nSPS) is 23.2. The second kappa shape index (κ2) is 5.96. The van der Waals surface area contributed by atoms with Crippen LogP contribution >= 0.6 is 0 Å². The van der Waals surface area contributed by atoms with Crippen LogP contribution in [0.4, 0.5) is 0 Å². The van der Waals surface area contributed by atoms with Crippen LogP contribution in [-0.4, -0.2) is 34.9 Å². The smallest absolute Gasteiger partial charge is 0.141 e. The molecule has 1 aromatic rings. The van der Waals surface area contributed by atoms with Crippen molar-refractivity contribution in [1.29, 1.82) is 0 Å². The van der Waals surface area contributed by atoms with Gasteiger partial charge in [-0.05, 0) is 25.8 Å². The van der Waals surface area contributed by atoms with Crippen molar-refractivity contribution in [2.45, 2.75) is 32.2 Å². The minimum absolute atomic E-state index is 0.253. The number of nitrogens with one attached hydrogen (secondary N) is 2. The molecule has 1 fully saturated rings. The van der Waals surface area contributed by atoms with Crippen LogP contribution in [0.25, 0.3) is 0 Å². The molecule has 0 amide bonds. The molecule has 2 atom stereocenters. The fourth-order valence-electron chi connectivity index (χ4n) is 2.18. The molecule has 1 saturated heterocycles. The number of rotatable bonds is 5. The first kappa shape index (κ1) is 11.5. The minimum atomic E-state index is 0.253. The number of nitrogens with zero attached hydrogens (tertiary/aromatic N) is 2. The second-order valence-corrected chi connectivity index (χ2v) is 4.28. The fraction of sp³-hybridized carbons (Fsp3) is 0.818. The summed E-state index contributed by atoms with van der Waals surface area (Å²) in [5, 5.41) is 10.4. The molecule has 0 aromatic carbocycles. The second-order valence-electron chi connectivity index (χ2n) is 4.28. The highest BCUT2D eigenvalue weighted by Crippen LogP contribution is 2.26. The molecule has 2 heterocycles. The molecule has 2 N–H and O–H groups in total. The molecular weight excluding hydrogens is 204 g/mol. The Kier molecular flexibility index (Phi) is 4.30. The van der Waals surface area contributed by atoms with Gasteiger partial charge in [-0.25, -0.2) is 4.98 Å². The summed E-state index contributed by atoms with van der Waals surface area (Å²) in [5.74, 6) is 1.44. The molecule has 5 heteroatoms. The van der Waals surface area contributed by atoms with E-state index in [0.717, 1.165) is 38.4 Å². The van der Waals surface area contributed by atoms with Gasteiger partial charge in [-0.3, -0.25) is 5.10 Å². The molecule has 16 heavy (non-hydrogen) atoms. The van der Waals surface area contributed by atoms with Crippen molar-refractivity contribution in [2.75, 3.05) is 19.8 Å². The summed E-state index contributed by atoms with van der Waals surface area (Å²) in [5.41, 5.74) is 0. The number of aromatic nitrogens is 3. The molecule has 2 rings (SSSR count). The SMILES string of the molecule is CCCNC(c1ncn[nH]1)C1CCCOC1. The van der Waals surface area contributed by atoms with Gasteiger partial charge in [0.15, 0.2) is 0 Å². The molecule has 0 radical (unpaired) electrons. The summed E-state index contributed by atoms with van der Waals surface area (Å²) < 4.78 is 5.54. The maximum atomic E-state index is 5.54. The molecule has 1 aliphatic rings. The standard InChI is InChI=1S/C11H20N4O/c1-2-5-12-10(11-13-8-14-15-11)9-4-3-6-16-7-9/h8-10,12H,2-7H2,1H3,(H,13,14,15). The summed E-state index contributed by atoms with van der Waals surface area (Å²) in [6.07, 6.45) is 5.03. The van der Waals surface area contributed by atoms with E-state index < -0.39 is 0 Å². The Morgan fingerprint density at radius 1 is 1.69 bits per heavy atom. The van der Waals surface area contributed by atoms with Crippen molar-refractivity contribution < 1.29 is 4.74 Å². The lowest BCUT2D eigenvalue weighted by atomic mass is 9.93. The van der Waals surface area contributed by atoms with Gasteiger partial charge in [-0.2, -0.15) is 5.10 Å². The van der Waals surface area contributed by atoms with Gasteiger partial charge in [-0.1, -0.05) is 6.92 Å². The van der Waals surface area contributed by atoms with Crippen molar-refractivity contribution in [3.63, 3.8) is 0 Å². The zero-order valence-corrected chi connectivity index (χ0v) is 9.78. The molecule has 0 saturated carbocycles. The van der Waals surface area contributed by atoms with E-state index in [-0.39, 0.29) is 6.04 Å². The van der Waals surface area contributed by atoms with Gasteiger partial charge in [-0.15, -0.1) is 0 Å². The Hall–Kier alpha value is -0.940. The van der Waals surface area contributed by atoms with E-state index in [0.29, 0.717) is 5.92 Å². The molecule has 0 bridgehead atoms. The maximum Gasteiger partial charge on any atom is 0.141 e. The van der Waals surface area contributed by atoms with Crippen LogP contribution in [0.3, 0.4) is 0 Å². The van der Waals surface area contributed by atoms with Crippen molar-refractivity contribution in [3.8, 4) is 0 Å². The van der Waals surface area contributed by atoms with Gasteiger partial charge >= 0.3 is 0 Å². The van der Waals surface area contributed by atoms with Gasteiger partial charge in [0.1, 0.15) is 12.2 Å². The van der Waals surface area contributed by atoms with Gasteiger partial charge in [0.2, 0.25) is 0 Å². The minimum Gasteiger partial charge on any atom is -0.381 e. The third-order valence-electron chi connectivity index (χ3n) is 3.01. The van der Waals surface area contributed by atoms with Crippen LogP contribution < -0.4 is 5.32 Å². The fourth-order valence-corrected chi connectivity index (χ4v) is 2.18. The first-order chi connectivity index (χ1) is 7.92. The summed E-state index contributed by atoms with van der Waals surface area (Å²) in [4.78, 5) is 4.26. The Balaban J connectivity index is 2.01. The van der Waals surface area contributed by atoms with E-state index in [9.17, 15) is 0 Å². The molecule has 0 aliphatic carbocycles. The summed E-state index contributed by atoms with van der Waals surface area (Å²) in [6, 6.07) is 0.253. The first-order valence-corrected chi connectivity index (χ1v) is 6.08. The molecule has 1 aromatic heterocycles. The molecular formula is C11H20N4O. The zero-order valence-electron chi connectivity index (χ0n) is 9.78. The Morgan fingerprint density at radius 3 is 3.25 bits per heavy atom. The number of ether oxygens (including phenoxy) is 1. The third-order valence-corrected chi connectivity index (χ3v) is 3.01. The highest BCUT2D eigenvalue weighted by atomic mass is 16.5. The van der Waals surface area contributed by atoms with Crippen LogP contribution in [0.5, 0.6) is 0 Å². The molecule has 90 valence electrons. The average Bonchev–Trinajstić information content (AvgIpc) is 2.85. The van der Waals surface area contributed by atoms with Crippen LogP contribution in [-0.2, 0) is 4.74 Å². The predicted octanol–water partition coefficient (Wildman–Crippen LogP) is 1.27. The van der Waals surface area contributed by atoms with Crippen molar-refractivity contribution in [2.24, 2.45) is 5.92 Å². The van der Waals surface area contributed by atoms with E-state index in [1.165, 1.54) is 6.42 Å². The number of hydrogen-bond donors (Lipinski definition) is 2. The van der Waals surface area contributed by atoms with E-state index in [4.69, 9.17) is 4.74 Å². The van der Waals surface area contributed by atoms with Gasteiger partial charge in [0.25, 0.3) is 0 Å². The lowest BCUT2D eigenvalue weighted by Crippen LogP contribution is -2.34. The molecule has 0 spiro atoms. The Bertz CT molecular complexity index is 282. The van der Waals surface area contributed by atoms with Crippen molar-refractivity contribution >= 4 is 0 Å². The average molecular weight is 224 g/mol. The summed E-state index contributed by atoms with van der Waals surface area (Å²) in [6.45, 7) is 4.89. The van der Waals surface area contributed by atoms with Crippen LogP contribution in [0.2, 0.25) is 0 Å². The quantitative estimate of drug-likeness (QED) is 0.790. The zero-order chi connectivity index (χ0) is 11.2. The lowest BCUT2D eigenvalue weighted by molar-refractivity contribution is 0.0377. The van der Waals surface area contributed by atoms with E-state index in [1.807, 2.05) is 0 Å². The van der Waals surface area contributed by atoms with Crippen LogP contribution in [0, 0.1) is 5.92 Å². The summed E-state index contributed by atoms with van der Waals surface area (Å²) >= 11 is 0. The van der Waals surface area contributed by atoms with Crippen molar-refractivity contribution in [1.82, 2.24) is 20.5 Å². The predicted molar refractivity (Wildman–Crippen MR) is 61.0 cm³/mol. The molecule has 1 aliphatic heterocycles. The van der Waals surface area contributed by atoms with E-state index >= 15 is 0 Å². The Morgan fingerprint density at radius 2 is 2.62 bits per heavy atom. The highest BCUT2D eigenvalue weighted by Gasteiger charge is 2.26. The van der Waals surface area contributed by atoms with Gasteiger partial charge in [0.05, 0.1) is 12.6 Å². The van der Waals surface area contributed by atoms with Crippen LogP contribution in [0.1, 0.15) is 38.1 Å². The summed E-state index contributed by atoms with van der Waals surface area (Å²) in [7, 11) is 0. The Labute approximate surface area is 96.0 Å². The number of aromatic amines is 1. The van der Waals surface area contributed by atoms with E-state index in [2.05, 4.69) is 27.4 Å². The third kappa shape index (κ3) is 2.80. The number of hydrogen-bond acceptors (Lipinski definition) is 4. The lowest BCUT2D eigenvalue weighted by Gasteiger charge is -2.29. The van der Waals surface area contributed by atoms with Crippen LogP contribution in [0.15, 0.2) is 6.33 Å². The first-order valence-electron chi connectivity index (χ1n) is 6.08. The molecule has 2 unspecified atom stereocenters. The topological polar surface area (TPSA) is 62.8 Å². The monoisotopic (exact) mass is 224 g/mol. The highest BCUT2D eigenvalue weighted by molar-refractivity contribution is 4.95. The van der Waals surface area contributed by atoms with E-state index in [1.54, 1.807) is 6.33 Å². The van der Waals surface area contributed by atoms with Gasteiger partial charge in [0, 0.05) is 12.5 Å². The maximum absolute atomic E-state index is 5.54. The van der Waals surface area contributed by atoms with Gasteiger partial charge < -0.3 is 10.1 Å². The largest absolute Gasteiger partial charge is 0.381 e.